The van der Waals surface area contributed by atoms with Crippen LogP contribution in [0.3, 0.4) is 0 Å². The van der Waals surface area contributed by atoms with Gasteiger partial charge in [0.1, 0.15) is 6.10 Å². The first-order valence-corrected chi connectivity index (χ1v) is 8.32. The van der Waals surface area contributed by atoms with Crippen LogP contribution in [0.25, 0.3) is 0 Å². The maximum absolute atomic E-state index is 12.0. The Bertz CT molecular complexity index is 488. The van der Waals surface area contributed by atoms with E-state index in [1.807, 2.05) is 0 Å². The lowest BCUT2D eigenvalue weighted by Crippen LogP contribution is -2.33. The summed E-state index contributed by atoms with van der Waals surface area (Å²) in [6.45, 7) is 0. The number of hydrogen-bond donors (Lipinski definition) is 1. The van der Waals surface area contributed by atoms with Crippen LogP contribution < -0.4 is 5.32 Å². The molecule has 0 heterocycles. The van der Waals surface area contributed by atoms with E-state index in [1.165, 1.54) is 32.1 Å². The van der Waals surface area contributed by atoms with Gasteiger partial charge in [-0.25, -0.2) is 4.79 Å². The van der Waals surface area contributed by atoms with Gasteiger partial charge in [-0.05, 0) is 55.4 Å². The van der Waals surface area contributed by atoms with Crippen molar-refractivity contribution in [2.75, 3.05) is 5.32 Å². The van der Waals surface area contributed by atoms with E-state index in [1.54, 1.807) is 24.3 Å². The maximum atomic E-state index is 12.0. The molecule has 1 amide bonds. The molecule has 3 atom stereocenters. The molecular weight excluding hydrogens is 286 g/mol. The number of halogens is 1. The van der Waals surface area contributed by atoms with Crippen LogP contribution in [-0.2, 0) is 4.74 Å². The highest BCUT2D eigenvalue weighted by Crippen LogP contribution is 2.41. The third-order valence-corrected chi connectivity index (χ3v) is 5.11. The topological polar surface area (TPSA) is 38.3 Å². The molecule has 0 bridgehead atoms. The van der Waals surface area contributed by atoms with Crippen LogP contribution in [0.2, 0.25) is 5.02 Å². The first-order valence-electron chi connectivity index (χ1n) is 7.94. The van der Waals surface area contributed by atoms with Crippen molar-refractivity contribution in [3.8, 4) is 0 Å². The zero-order chi connectivity index (χ0) is 14.7. The van der Waals surface area contributed by atoms with E-state index in [4.69, 9.17) is 16.3 Å². The number of anilines is 1. The smallest absolute Gasteiger partial charge is 0.411 e. The fraction of sp³-hybridized carbons (Fsp3) is 0.588. The third kappa shape index (κ3) is 3.91. The highest BCUT2D eigenvalue weighted by molar-refractivity contribution is 6.30. The second-order valence-electron chi connectivity index (χ2n) is 6.28. The Kier molecular flexibility index (Phi) is 4.69. The van der Waals surface area contributed by atoms with Gasteiger partial charge in [0, 0.05) is 10.7 Å². The van der Waals surface area contributed by atoms with E-state index in [-0.39, 0.29) is 12.2 Å². The Labute approximate surface area is 131 Å². The number of hydrogen-bond acceptors (Lipinski definition) is 2. The summed E-state index contributed by atoms with van der Waals surface area (Å²) in [7, 11) is 0. The molecule has 2 aliphatic carbocycles. The molecule has 1 aromatic rings. The van der Waals surface area contributed by atoms with Gasteiger partial charge in [-0.2, -0.15) is 0 Å². The summed E-state index contributed by atoms with van der Waals surface area (Å²) in [6, 6.07) is 7.07. The van der Waals surface area contributed by atoms with Crippen LogP contribution in [-0.4, -0.2) is 12.2 Å². The molecule has 0 aromatic heterocycles. The molecule has 1 N–H and O–H groups in total. The molecule has 0 spiro atoms. The van der Waals surface area contributed by atoms with Crippen LogP contribution in [0, 0.1) is 11.8 Å². The molecular formula is C17H22ClNO2. The van der Waals surface area contributed by atoms with Crippen molar-refractivity contribution in [1.82, 2.24) is 0 Å². The van der Waals surface area contributed by atoms with Gasteiger partial charge >= 0.3 is 6.09 Å². The van der Waals surface area contributed by atoms with Gasteiger partial charge in [-0.15, -0.1) is 0 Å². The lowest BCUT2D eigenvalue weighted by atomic mass is 9.70. The first-order chi connectivity index (χ1) is 10.2. The minimum absolute atomic E-state index is 0.0802. The van der Waals surface area contributed by atoms with Crippen LogP contribution in [0.15, 0.2) is 24.3 Å². The Morgan fingerprint density at radius 3 is 2.52 bits per heavy atom. The second kappa shape index (κ2) is 6.69. The normalized spacial score (nSPS) is 28.5. The van der Waals surface area contributed by atoms with Crippen LogP contribution >= 0.6 is 11.6 Å². The number of amides is 1. The number of rotatable bonds is 2. The summed E-state index contributed by atoms with van der Waals surface area (Å²) < 4.78 is 5.59. The van der Waals surface area contributed by atoms with E-state index in [0.717, 1.165) is 30.4 Å². The largest absolute Gasteiger partial charge is 0.446 e. The van der Waals surface area contributed by atoms with E-state index in [9.17, 15) is 4.79 Å². The van der Waals surface area contributed by atoms with Gasteiger partial charge in [0.15, 0.2) is 0 Å². The molecule has 3 nitrogen and oxygen atoms in total. The Morgan fingerprint density at radius 2 is 1.76 bits per heavy atom. The first kappa shape index (κ1) is 14.7. The highest BCUT2D eigenvalue weighted by atomic mass is 35.5. The van der Waals surface area contributed by atoms with Gasteiger partial charge in [0.2, 0.25) is 0 Å². The monoisotopic (exact) mass is 307 g/mol. The zero-order valence-electron chi connectivity index (χ0n) is 12.2. The molecule has 3 unspecified atom stereocenters. The molecule has 1 aromatic carbocycles. The summed E-state index contributed by atoms with van der Waals surface area (Å²) >= 11 is 5.82. The second-order valence-corrected chi connectivity index (χ2v) is 6.71. The summed E-state index contributed by atoms with van der Waals surface area (Å²) in [6.07, 6.45) is 8.39. The van der Waals surface area contributed by atoms with Crippen molar-refractivity contribution in [2.45, 2.75) is 51.0 Å². The quantitative estimate of drug-likeness (QED) is 0.810. The number of ether oxygens (including phenoxy) is 1. The molecule has 114 valence electrons. The van der Waals surface area contributed by atoms with Gasteiger partial charge in [0.25, 0.3) is 0 Å². The molecule has 0 aliphatic heterocycles. The van der Waals surface area contributed by atoms with Crippen molar-refractivity contribution in [3.05, 3.63) is 29.3 Å². The molecule has 0 radical (unpaired) electrons. The standard InChI is InChI=1S/C17H22ClNO2/c18-14-6-8-15(9-7-14)19-17(20)21-16-10-5-12-3-1-2-4-13(12)11-16/h6-9,12-13,16H,1-5,10-11H2,(H,19,20). The number of fused-ring (bicyclic) bond motifs is 1. The Hall–Kier alpha value is -1.22. The number of benzene rings is 1. The average molecular weight is 308 g/mol. The van der Waals surface area contributed by atoms with Crippen molar-refractivity contribution >= 4 is 23.4 Å². The molecule has 21 heavy (non-hydrogen) atoms. The maximum Gasteiger partial charge on any atom is 0.411 e. The Balaban J connectivity index is 1.49. The molecule has 2 aliphatic rings. The van der Waals surface area contributed by atoms with Gasteiger partial charge in [0.05, 0.1) is 0 Å². The number of carbonyl (C=O) groups excluding carboxylic acids is 1. The SMILES string of the molecule is O=C(Nc1ccc(Cl)cc1)OC1CCC2CCCCC2C1. The van der Waals surface area contributed by atoms with Gasteiger partial charge in [-0.3, -0.25) is 5.32 Å². The van der Waals surface area contributed by atoms with E-state index in [0.29, 0.717) is 5.02 Å². The van der Waals surface area contributed by atoms with Gasteiger partial charge in [-0.1, -0.05) is 37.3 Å². The molecule has 2 fully saturated rings. The van der Waals surface area contributed by atoms with Crippen LogP contribution in [0.4, 0.5) is 10.5 Å². The van der Waals surface area contributed by atoms with Crippen LogP contribution in [0.5, 0.6) is 0 Å². The van der Waals surface area contributed by atoms with Crippen molar-refractivity contribution in [1.29, 1.82) is 0 Å². The predicted octanol–water partition coefficient (Wildman–Crippen LogP) is 5.25. The summed E-state index contributed by atoms with van der Waals surface area (Å²) in [5.74, 6) is 1.64. The number of nitrogens with one attached hydrogen (secondary N) is 1. The summed E-state index contributed by atoms with van der Waals surface area (Å²) in [5, 5.41) is 3.43. The molecule has 0 saturated heterocycles. The van der Waals surface area contributed by atoms with E-state index >= 15 is 0 Å². The molecule has 3 rings (SSSR count). The lowest BCUT2D eigenvalue weighted by Gasteiger charge is -2.38. The summed E-state index contributed by atoms with van der Waals surface area (Å²) in [5.41, 5.74) is 0.718. The highest BCUT2D eigenvalue weighted by Gasteiger charge is 2.33. The summed E-state index contributed by atoms with van der Waals surface area (Å²) in [4.78, 5) is 12.0. The van der Waals surface area contributed by atoms with Crippen molar-refractivity contribution in [2.24, 2.45) is 11.8 Å². The predicted molar refractivity (Wildman–Crippen MR) is 84.6 cm³/mol. The fourth-order valence-electron chi connectivity index (χ4n) is 3.77. The van der Waals surface area contributed by atoms with E-state index < -0.39 is 0 Å². The zero-order valence-corrected chi connectivity index (χ0v) is 12.9. The third-order valence-electron chi connectivity index (χ3n) is 4.86. The minimum Gasteiger partial charge on any atom is -0.446 e. The number of carbonyl (C=O) groups is 1. The molecule has 2 saturated carbocycles. The average Bonchev–Trinajstić information content (AvgIpc) is 2.49. The van der Waals surface area contributed by atoms with Crippen LogP contribution in [0.1, 0.15) is 44.9 Å². The van der Waals surface area contributed by atoms with E-state index in [2.05, 4.69) is 5.32 Å². The van der Waals surface area contributed by atoms with Gasteiger partial charge < -0.3 is 4.74 Å². The Morgan fingerprint density at radius 1 is 1.05 bits per heavy atom. The van der Waals surface area contributed by atoms with Crippen molar-refractivity contribution in [3.63, 3.8) is 0 Å². The lowest BCUT2D eigenvalue weighted by molar-refractivity contribution is 0.0339. The molecule has 4 heteroatoms. The minimum atomic E-state index is -0.350. The van der Waals surface area contributed by atoms with Crippen molar-refractivity contribution < 1.29 is 9.53 Å². The fourth-order valence-corrected chi connectivity index (χ4v) is 3.90.